The molecule has 0 aliphatic rings. The first kappa shape index (κ1) is 10.4. The molecule has 0 N–H and O–H groups in total. The van der Waals surface area contributed by atoms with Crippen LogP contribution in [-0.4, -0.2) is 23.2 Å². The van der Waals surface area contributed by atoms with E-state index in [4.69, 9.17) is 4.52 Å². The van der Waals surface area contributed by atoms with E-state index >= 15 is 0 Å². The molecule has 5 heteroatoms. The van der Waals surface area contributed by atoms with Gasteiger partial charge in [0.25, 0.3) is 0 Å². The SMILES string of the molecule is COC(=O)Cc1cc(-c2cccnc2)no1. The number of nitrogens with zero attached hydrogens (tertiary/aromatic N) is 2. The van der Waals surface area contributed by atoms with Gasteiger partial charge in [-0.25, -0.2) is 0 Å². The Morgan fingerprint density at radius 2 is 2.44 bits per heavy atom. The van der Waals surface area contributed by atoms with Gasteiger partial charge in [0.1, 0.15) is 17.9 Å². The van der Waals surface area contributed by atoms with E-state index in [0.29, 0.717) is 11.5 Å². The quantitative estimate of drug-likeness (QED) is 0.729. The second kappa shape index (κ2) is 4.57. The van der Waals surface area contributed by atoms with E-state index in [2.05, 4.69) is 14.9 Å². The van der Waals surface area contributed by atoms with Gasteiger partial charge in [-0.2, -0.15) is 0 Å². The van der Waals surface area contributed by atoms with Gasteiger partial charge < -0.3 is 9.26 Å². The number of hydrogen-bond acceptors (Lipinski definition) is 5. The maximum absolute atomic E-state index is 11.0. The molecule has 2 aromatic rings. The van der Waals surface area contributed by atoms with Crippen LogP contribution in [0.25, 0.3) is 11.3 Å². The van der Waals surface area contributed by atoms with Crippen LogP contribution in [-0.2, 0) is 16.0 Å². The predicted molar refractivity (Wildman–Crippen MR) is 55.5 cm³/mol. The number of carbonyl (C=O) groups is 1. The molecule has 82 valence electrons. The summed E-state index contributed by atoms with van der Waals surface area (Å²) in [6.45, 7) is 0. The number of esters is 1. The Morgan fingerprint density at radius 1 is 1.56 bits per heavy atom. The Balaban J connectivity index is 2.17. The largest absolute Gasteiger partial charge is 0.469 e. The van der Waals surface area contributed by atoms with Crippen LogP contribution in [0.5, 0.6) is 0 Å². The molecular weight excluding hydrogens is 208 g/mol. The average Bonchev–Trinajstić information content (AvgIpc) is 2.78. The molecule has 0 saturated carbocycles. The van der Waals surface area contributed by atoms with Crippen LogP contribution in [0.1, 0.15) is 5.76 Å². The molecule has 16 heavy (non-hydrogen) atoms. The van der Waals surface area contributed by atoms with Crippen LogP contribution in [0.3, 0.4) is 0 Å². The highest BCUT2D eigenvalue weighted by atomic mass is 16.5. The zero-order valence-corrected chi connectivity index (χ0v) is 8.71. The summed E-state index contributed by atoms with van der Waals surface area (Å²) in [5.74, 6) is 0.125. The van der Waals surface area contributed by atoms with Gasteiger partial charge in [0.05, 0.1) is 7.11 Å². The van der Waals surface area contributed by atoms with Crippen LogP contribution in [0, 0.1) is 0 Å². The van der Waals surface area contributed by atoms with Gasteiger partial charge >= 0.3 is 5.97 Å². The summed E-state index contributed by atoms with van der Waals surface area (Å²) >= 11 is 0. The predicted octanol–water partition coefficient (Wildman–Crippen LogP) is 1.45. The van der Waals surface area contributed by atoms with Crippen molar-refractivity contribution in [3.05, 3.63) is 36.4 Å². The summed E-state index contributed by atoms with van der Waals surface area (Å²) in [5, 5.41) is 3.85. The van der Waals surface area contributed by atoms with Gasteiger partial charge in [-0.3, -0.25) is 9.78 Å². The van der Waals surface area contributed by atoms with Crippen LogP contribution in [0.4, 0.5) is 0 Å². The third-order valence-corrected chi connectivity index (χ3v) is 2.06. The molecule has 0 radical (unpaired) electrons. The molecule has 0 spiro atoms. The molecule has 0 atom stereocenters. The number of rotatable bonds is 3. The highest BCUT2D eigenvalue weighted by Gasteiger charge is 2.10. The fourth-order valence-electron chi connectivity index (χ4n) is 1.26. The zero-order chi connectivity index (χ0) is 11.4. The second-order valence-corrected chi connectivity index (χ2v) is 3.17. The highest BCUT2D eigenvalue weighted by Crippen LogP contribution is 2.17. The monoisotopic (exact) mass is 218 g/mol. The highest BCUT2D eigenvalue weighted by molar-refractivity contribution is 5.72. The Labute approximate surface area is 92.0 Å². The maximum Gasteiger partial charge on any atom is 0.313 e. The van der Waals surface area contributed by atoms with Gasteiger partial charge in [0.2, 0.25) is 0 Å². The van der Waals surface area contributed by atoms with E-state index in [-0.39, 0.29) is 12.4 Å². The molecule has 0 aliphatic carbocycles. The normalized spacial score (nSPS) is 10.1. The summed E-state index contributed by atoms with van der Waals surface area (Å²) in [6.07, 6.45) is 3.45. The number of methoxy groups -OCH3 is 1. The van der Waals surface area contributed by atoms with Crippen LogP contribution in [0.2, 0.25) is 0 Å². The molecule has 2 aromatic heterocycles. The van der Waals surface area contributed by atoms with Crippen molar-refractivity contribution in [2.45, 2.75) is 6.42 Å². The minimum absolute atomic E-state index is 0.0871. The van der Waals surface area contributed by atoms with Gasteiger partial charge in [0.15, 0.2) is 0 Å². The topological polar surface area (TPSA) is 65.2 Å². The first-order valence-corrected chi connectivity index (χ1v) is 4.72. The van der Waals surface area contributed by atoms with Crippen molar-refractivity contribution in [2.24, 2.45) is 0 Å². The molecule has 0 aliphatic heterocycles. The lowest BCUT2D eigenvalue weighted by Gasteiger charge is -1.92. The molecule has 2 heterocycles. The Morgan fingerprint density at radius 3 is 3.12 bits per heavy atom. The molecule has 2 rings (SSSR count). The first-order chi connectivity index (χ1) is 7.79. The molecule has 0 saturated heterocycles. The van der Waals surface area contributed by atoms with Crippen LogP contribution < -0.4 is 0 Å². The smallest absolute Gasteiger partial charge is 0.313 e. The number of pyridine rings is 1. The number of hydrogen-bond donors (Lipinski definition) is 0. The summed E-state index contributed by atoms with van der Waals surface area (Å²) in [5.41, 5.74) is 1.51. The van der Waals surface area contributed by atoms with E-state index < -0.39 is 0 Å². The molecule has 5 nitrogen and oxygen atoms in total. The van der Waals surface area contributed by atoms with Crippen molar-refractivity contribution < 1.29 is 14.1 Å². The van der Waals surface area contributed by atoms with Crippen molar-refractivity contribution >= 4 is 5.97 Å². The molecule has 0 fully saturated rings. The minimum atomic E-state index is -0.353. The summed E-state index contributed by atoms with van der Waals surface area (Å²) in [6, 6.07) is 5.38. The van der Waals surface area contributed by atoms with E-state index in [0.717, 1.165) is 5.56 Å². The lowest BCUT2D eigenvalue weighted by atomic mass is 10.2. The van der Waals surface area contributed by atoms with E-state index in [9.17, 15) is 4.79 Å². The third kappa shape index (κ3) is 2.25. The fraction of sp³-hybridized carbons (Fsp3) is 0.182. The van der Waals surface area contributed by atoms with E-state index in [1.54, 1.807) is 18.5 Å². The number of carbonyl (C=O) groups excluding carboxylic acids is 1. The third-order valence-electron chi connectivity index (χ3n) is 2.06. The van der Waals surface area contributed by atoms with Gasteiger partial charge in [-0.1, -0.05) is 5.16 Å². The average molecular weight is 218 g/mol. The molecule has 0 aromatic carbocycles. The second-order valence-electron chi connectivity index (χ2n) is 3.17. The molecule has 0 bridgehead atoms. The minimum Gasteiger partial charge on any atom is -0.469 e. The Hall–Kier alpha value is -2.17. The lowest BCUT2D eigenvalue weighted by Crippen LogP contribution is -2.03. The van der Waals surface area contributed by atoms with Crippen molar-refractivity contribution in [1.82, 2.24) is 10.1 Å². The molecule has 0 amide bonds. The molecule has 0 unspecified atom stereocenters. The summed E-state index contributed by atoms with van der Waals surface area (Å²) < 4.78 is 9.54. The summed E-state index contributed by atoms with van der Waals surface area (Å²) in [7, 11) is 1.33. The van der Waals surface area contributed by atoms with Gasteiger partial charge in [-0.15, -0.1) is 0 Å². The van der Waals surface area contributed by atoms with Crippen LogP contribution in [0.15, 0.2) is 35.1 Å². The summed E-state index contributed by atoms with van der Waals surface area (Å²) in [4.78, 5) is 15.0. The number of ether oxygens (including phenoxy) is 1. The van der Waals surface area contributed by atoms with Crippen molar-refractivity contribution in [3.8, 4) is 11.3 Å². The number of aromatic nitrogens is 2. The fourth-order valence-corrected chi connectivity index (χ4v) is 1.26. The first-order valence-electron chi connectivity index (χ1n) is 4.72. The lowest BCUT2D eigenvalue weighted by molar-refractivity contribution is -0.140. The van der Waals surface area contributed by atoms with E-state index in [1.165, 1.54) is 7.11 Å². The standard InChI is InChI=1S/C11H10N2O3/c1-15-11(14)6-9-5-10(13-16-9)8-3-2-4-12-7-8/h2-5,7H,6H2,1H3. The van der Waals surface area contributed by atoms with E-state index in [1.807, 2.05) is 12.1 Å². The van der Waals surface area contributed by atoms with Crippen LogP contribution >= 0.6 is 0 Å². The van der Waals surface area contributed by atoms with Crippen molar-refractivity contribution in [2.75, 3.05) is 7.11 Å². The Kier molecular flexibility index (Phi) is 2.95. The van der Waals surface area contributed by atoms with Crippen molar-refractivity contribution in [1.29, 1.82) is 0 Å². The maximum atomic E-state index is 11.0. The van der Waals surface area contributed by atoms with Crippen molar-refractivity contribution in [3.63, 3.8) is 0 Å². The zero-order valence-electron chi connectivity index (χ0n) is 8.71. The van der Waals surface area contributed by atoms with Gasteiger partial charge in [0, 0.05) is 24.0 Å². The molecular formula is C11H10N2O3. The Bertz CT molecular complexity index is 479. The van der Waals surface area contributed by atoms with Gasteiger partial charge in [-0.05, 0) is 12.1 Å².